The van der Waals surface area contributed by atoms with E-state index >= 15 is 0 Å². The van der Waals surface area contributed by atoms with Gasteiger partial charge in [-0.25, -0.2) is 0 Å². The van der Waals surface area contributed by atoms with Crippen molar-refractivity contribution in [3.05, 3.63) is 0 Å². The van der Waals surface area contributed by atoms with E-state index in [1.165, 1.54) is 37.4 Å². The molecule has 0 radical (unpaired) electrons. The average molecular weight is 308 g/mol. The maximum absolute atomic E-state index is 9.86. The van der Waals surface area contributed by atoms with Gasteiger partial charge in [-0.3, -0.25) is 0 Å². The Kier molecular flexibility index (Phi) is 9.08. The van der Waals surface area contributed by atoms with Crippen LogP contribution in [-0.2, 0) is 4.74 Å². The normalized spacial score (nSPS) is 34.4. The lowest BCUT2D eigenvalue weighted by atomic mass is 10.0. The molecule has 0 bridgehead atoms. The van der Waals surface area contributed by atoms with Crippen LogP contribution in [0.4, 0.5) is 0 Å². The number of thioether (sulfide) groups is 1. The maximum atomic E-state index is 9.86. The SMILES string of the molecule is CCCCCCCCS[C@@H]1O[C@@H](CO)[C@@H](O)[C@@H](O)[C@H]1O. The number of aliphatic hydroxyl groups excluding tert-OH is 4. The first-order valence-electron chi connectivity index (χ1n) is 7.54. The van der Waals surface area contributed by atoms with Crippen LogP contribution >= 0.6 is 11.8 Å². The van der Waals surface area contributed by atoms with Crippen molar-refractivity contribution in [2.24, 2.45) is 0 Å². The lowest BCUT2D eigenvalue weighted by Gasteiger charge is -2.39. The molecule has 20 heavy (non-hydrogen) atoms. The smallest absolute Gasteiger partial charge is 0.132 e. The van der Waals surface area contributed by atoms with Gasteiger partial charge in [0, 0.05) is 0 Å². The Morgan fingerprint density at radius 1 is 0.900 bits per heavy atom. The van der Waals surface area contributed by atoms with E-state index in [2.05, 4.69) is 6.92 Å². The minimum Gasteiger partial charge on any atom is -0.394 e. The van der Waals surface area contributed by atoms with Crippen molar-refractivity contribution in [2.45, 2.75) is 75.3 Å². The summed E-state index contributed by atoms with van der Waals surface area (Å²) in [4.78, 5) is 0. The fraction of sp³-hybridized carbons (Fsp3) is 1.00. The molecule has 1 fully saturated rings. The van der Waals surface area contributed by atoms with E-state index in [1.807, 2.05) is 0 Å². The van der Waals surface area contributed by atoms with Crippen LogP contribution < -0.4 is 0 Å². The lowest BCUT2D eigenvalue weighted by Crippen LogP contribution is -2.57. The second kappa shape index (κ2) is 9.97. The summed E-state index contributed by atoms with van der Waals surface area (Å²) in [5.41, 5.74) is -0.582. The van der Waals surface area contributed by atoms with Crippen LogP contribution in [-0.4, -0.2) is 62.6 Å². The molecule has 4 N–H and O–H groups in total. The number of unbranched alkanes of at least 4 members (excludes halogenated alkanes) is 5. The molecule has 1 saturated heterocycles. The van der Waals surface area contributed by atoms with Gasteiger partial charge in [-0.15, -0.1) is 11.8 Å². The van der Waals surface area contributed by atoms with Crippen molar-refractivity contribution in [3.63, 3.8) is 0 Å². The molecule has 0 aliphatic carbocycles. The zero-order chi connectivity index (χ0) is 15.0. The van der Waals surface area contributed by atoms with E-state index in [1.54, 1.807) is 0 Å². The van der Waals surface area contributed by atoms with Crippen molar-refractivity contribution in [1.29, 1.82) is 0 Å². The third-order valence-electron chi connectivity index (χ3n) is 3.63. The van der Waals surface area contributed by atoms with Crippen LogP contribution in [0.3, 0.4) is 0 Å². The molecular weight excluding hydrogens is 280 g/mol. The Labute approximate surface area is 125 Å². The molecule has 0 aromatic rings. The van der Waals surface area contributed by atoms with Gasteiger partial charge in [-0.1, -0.05) is 39.0 Å². The van der Waals surface area contributed by atoms with Crippen molar-refractivity contribution in [3.8, 4) is 0 Å². The molecule has 0 saturated carbocycles. The highest BCUT2D eigenvalue weighted by Gasteiger charge is 2.43. The van der Waals surface area contributed by atoms with Gasteiger partial charge in [0.1, 0.15) is 29.9 Å². The van der Waals surface area contributed by atoms with E-state index < -0.39 is 29.9 Å². The minimum atomic E-state index is -1.26. The van der Waals surface area contributed by atoms with E-state index in [9.17, 15) is 15.3 Å². The molecule has 1 heterocycles. The van der Waals surface area contributed by atoms with Crippen LogP contribution in [0.2, 0.25) is 0 Å². The van der Waals surface area contributed by atoms with E-state index in [0.717, 1.165) is 18.6 Å². The van der Waals surface area contributed by atoms with Crippen LogP contribution in [0.5, 0.6) is 0 Å². The van der Waals surface area contributed by atoms with Gasteiger partial charge >= 0.3 is 0 Å². The van der Waals surface area contributed by atoms with Gasteiger partial charge in [-0.05, 0) is 12.2 Å². The zero-order valence-electron chi connectivity index (χ0n) is 12.1. The third kappa shape index (κ3) is 5.50. The van der Waals surface area contributed by atoms with Crippen molar-refractivity contribution in [2.75, 3.05) is 12.4 Å². The zero-order valence-corrected chi connectivity index (χ0v) is 13.0. The quantitative estimate of drug-likeness (QED) is 0.473. The number of rotatable bonds is 9. The molecule has 120 valence electrons. The molecule has 0 aromatic carbocycles. The number of aliphatic hydroxyl groups is 4. The van der Waals surface area contributed by atoms with Gasteiger partial charge in [0.15, 0.2) is 0 Å². The second-order valence-electron chi connectivity index (χ2n) is 5.34. The standard InChI is InChI=1S/C14H28O5S/c1-2-3-4-5-6-7-8-20-14-13(18)12(17)11(16)10(9-15)19-14/h10-18H,2-9H2,1H3/t10-,11+,12+,13+,14-/m0/s1. The van der Waals surface area contributed by atoms with E-state index in [-0.39, 0.29) is 6.61 Å². The summed E-state index contributed by atoms with van der Waals surface area (Å²) in [5, 5.41) is 38.3. The minimum absolute atomic E-state index is 0.362. The summed E-state index contributed by atoms with van der Waals surface area (Å²) in [7, 11) is 0. The van der Waals surface area contributed by atoms with Gasteiger partial charge in [0.05, 0.1) is 6.61 Å². The summed E-state index contributed by atoms with van der Waals surface area (Å²) in [6.45, 7) is 1.83. The summed E-state index contributed by atoms with van der Waals surface area (Å²) in [6.07, 6.45) is 2.77. The van der Waals surface area contributed by atoms with E-state index in [4.69, 9.17) is 9.84 Å². The fourth-order valence-corrected chi connectivity index (χ4v) is 3.47. The molecule has 6 heteroatoms. The molecule has 0 amide bonds. The first kappa shape index (κ1) is 18.2. The average Bonchev–Trinajstić information content (AvgIpc) is 2.46. The highest BCUT2D eigenvalue weighted by molar-refractivity contribution is 7.99. The lowest BCUT2D eigenvalue weighted by molar-refractivity contribution is -0.205. The molecule has 5 atom stereocenters. The molecule has 0 unspecified atom stereocenters. The topological polar surface area (TPSA) is 90.2 Å². The Hall–Kier alpha value is 0.150. The van der Waals surface area contributed by atoms with E-state index in [0.29, 0.717) is 0 Å². The molecule has 1 rings (SSSR count). The van der Waals surface area contributed by atoms with Gasteiger partial charge in [-0.2, -0.15) is 0 Å². The number of hydrogen-bond acceptors (Lipinski definition) is 6. The van der Waals surface area contributed by atoms with Crippen LogP contribution in [0.25, 0.3) is 0 Å². The van der Waals surface area contributed by atoms with Crippen molar-refractivity contribution in [1.82, 2.24) is 0 Å². The Morgan fingerprint density at radius 2 is 1.55 bits per heavy atom. The predicted octanol–water partition coefficient (Wildman–Crippen LogP) is 0.880. The molecular formula is C14H28O5S. The van der Waals surface area contributed by atoms with Crippen LogP contribution in [0.1, 0.15) is 45.4 Å². The predicted molar refractivity (Wildman–Crippen MR) is 79.6 cm³/mol. The largest absolute Gasteiger partial charge is 0.394 e. The summed E-state index contributed by atoms with van der Waals surface area (Å²) in [6, 6.07) is 0. The molecule has 0 spiro atoms. The van der Waals surface area contributed by atoms with Gasteiger partial charge < -0.3 is 25.2 Å². The summed E-state index contributed by atoms with van der Waals surface area (Å²) >= 11 is 1.44. The highest BCUT2D eigenvalue weighted by Crippen LogP contribution is 2.29. The second-order valence-corrected chi connectivity index (χ2v) is 6.54. The van der Waals surface area contributed by atoms with Crippen molar-refractivity contribution < 1.29 is 25.2 Å². The van der Waals surface area contributed by atoms with Gasteiger partial charge in [0.25, 0.3) is 0 Å². The molecule has 1 aliphatic heterocycles. The van der Waals surface area contributed by atoms with Crippen LogP contribution in [0.15, 0.2) is 0 Å². The molecule has 0 aromatic heterocycles. The Bertz CT molecular complexity index is 252. The summed E-state index contributed by atoms with van der Waals surface area (Å²) in [5.74, 6) is 0.842. The summed E-state index contributed by atoms with van der Waals surface area (Å²) < 4.78 is 5.43. The maximum Gasteiger partial charge on any atom is 0.132 e. The number of ether oxygens (including phenoxy) is 1. The highest BCUT2D eigenvalue weighted by atomic mass is 32.2. The number of hydrogen-bond donors (Lipinski definition) is 4. The fourth-order valence-electron chi connectivity index (χ4n) is 2.29. The van der Waals surface area contributed by atoms with Crippen LogP contribution in [0, 0.1) is 0 Å². The monoisotopic (exact) mass is 308 g/mol. The first-order chi connectivity index (χ1) is 9.61. The Morgan fingerprint density at radius 3 is 2.20 bits per heavy atom. The van der Waals surface area contributed by atoms with Crippen molar-refractivity contribution >= 4 is 11.8 Å². The third-order valence-corrected chi connectivity index (χ3v) is 4.87. The Balaban J connectivity index is 2.21. The first-order valence-corrected chi connectivity index (χ1v) is 8.58. The molecule has 5 nitrogen and oxygen atoms in total. The molecule has 1 aliphatic rings. The van der Waals surface area contributed by atoms with Gasteiger partial charge in [0.2, 0.25) is 0 Å².